The van der Waals surface area contributed by atoms with Crippen molar-refractivity contribution in [3.63, 3.8) is 0 Å². The number of hydrogen-bond acceptors (Lipinski definition) is 6. The molecule has 0 unspecified atom stereocenters. The van der Waals surface area contributed by atoms with Crippen LogP contribution in [0.5, 0.6) is 0 Å². The van der Waals surface area contributed by atoms with Gasteiger partial charge < -0.3 is 15.1 Å². The third-order valence-corrected chi connectivity index (χ3v) is 5.71. The highest BCUT2D eigenvalue weighted by Crippen LogP contribution is 2.30. The average molecular weight is 376 g/mol. The second-order valence-corrected chi connectivity index (χ2v) is 9.11. The van der Waals surface area contributed by atoms with E-state index in [0.29, 0.717) is 6.54 Å². The maximum absolute atomic E-state index is 12.6. The molecule has 0 atom stereocenters. The Bertz CT molecular complexity index is 749. The standard InChI is InChI=1S/C19H29N5OS/c1-19(2,12-23(3)4)11-20-17(25)14-5-8-24(9-6-14)16-15-7-10-26-18(15)22-13-21-16/h7,10,13-14H,5-6,8-9,11-12H2,1-4H3,(H,20,25). The van der Waals surface area contributed by atoms with Gasteiger partial charge in [-0.25, -0.2) is 9.97 Å². The topological polar surface area (TPSA) is 61.4 Å². The van der Waals surface area contributed by atoms with Crippen LogP contribution in [0.2, 0.25) is 0 Å². The summed E-state index contributed by atoms with van der Waals surface area (Å²) in [5.74, 6) is 1.29. The Labute approximate surface area is 159 Å². The summed E-state index contributed by atoms with van der Waals surface area (Å²) in [6.45, 7) is 7.78. The fourth-order valence-corrected chi connectivity index (χ4v) is 4.49. The number of aromatic nitrogens is 2. The largest absolute Gasteiger partial charge is 0.356 e. The molecule has 0 aromatic carbocycles. The molecule has 1 saturated heterocycles. The van der Waals surface area contributed by atoms with Crippen LogP contribution in [0.3, 0.4) is 0 Å². The van der Waals surface area contributed by atoms with Crippen LogP contribution in [0.1, 0.15) is 26.7 Å². The molecule has 0 spiro atoms. The van der Waals surface area contributed by atoms with Crippen molar-refractivity contribution in [2.75, 3.05) is 45.2 Å². The maximum Gasteiger partial charge on any atom is 0.223 e. The van der Waals surface area contributed by atoms with Gasteiger partial charge in [0.15, 0.2) is 0 Å². The van der Waals surface area contributed by atoms with E-state index in [0.717, 1.165) is 48.5 Å². The number of hydrogen-bond donors (Lipinski definition) is 1. The van der Waals surface area contributed by atoms with Crippen molar-refractivity contribution >= 4 is 33.3 Å². The highest BCUT2D eigenvalue weighted by molar-refractivity contribution is 7.16. The van der Waals surface area contributed by atoms with Gasteiger partial charge >= 0.3 is 0 Å². The summed E-state index contributed by atoms with van der Waals surface area (Å²) in [5.41, 5.74) is 0.0748. The number of anilines is 1. The van der Waals surface area contributed by atoms with Crippen molar-refractivity contribution < 1.29 is 4.79 Å². The van der Waals surface area contributed by atoms with Crippen molar-refractivity contribution in [2.45, 2.75) is 26.7 Å². The molecule has 142 valence electrons. The van der Waals surface area contributed by atoms with Crippen LogP contribution >= 0.6 is 11.3 Å². The van der Waals surface area contributed by atoms with Gasteiger partial charge in [0, 0.05) is 32.1 Å². The molecular formula is C19H29N5OS. The van der Waals surface area contributed by atoms with E-state index in [4.69, 9.17) is 0 Å². The Morgan fingerprint density at radius 1 is 1.35 bits per heavy atom. The predicted octanol–water partition coefficient (Wildman–Crippen LogP) is 2.61. The maximum atomic E-state index is 12.6. The first-order chi connectivity index (χ1) is 12.4. The summed E-state index contributed by atoms with van der Waals surface area (Å²) in [4.78, 5) is 26.9. The fourth-order valence-electron chi connectivity index (χ4n) is 3.77. The van der Waals surface area contributed by atoms with E-state index in [1.165, 1.54) is 0 Å². The van der Waals surface area contributed by atoms with Gasteiger partial charge in [-0.05, 0) is 43.8 Å². The predicted molar refractivity (Wildman–Crippen MR) is 108 cm³/mol. The second kappa shape index (κ2) is 7.88. The zero-order chi connectivity index (χ0) is 18.7. The molecule has 6 nitrogen and oxygen atoms in total. The first-order valence-corrected chi connectivity index (χ1v) is 10.1. The van der Waals surface area contributed by atoms with Gasteiger partial charge in [-0.1, -0.05) is 13.8 Å². The molecule has 0 aliphatic carbocycles. The van der Waals surface area contributed by atoms with Crippen molar-refractivity contribution in [2.24, 2.45) is 11.3 Å². The minimum absolute atomic E-state index is 0.0748. The summed E-state index contributed by atoms with van der Waals surface area (Å²) >= 11 is 1.64. The molecule has 0 radical (unpaired) electrons. The molecule has 2 aromatic rings. The SMILES string of the molecule is CN(C)CC(C)(C)CNC(=O)C1CCN(c2ncnc3sccc23)CC1. The summed E-state index contributed by atoms with van der Waals surface area (Å²) in [6.07, 6.45) is 3.38. The first-order valence-electron chi connectivity index (χ1n) is 9.21. The van der Waals surface area contributed by atoms with E-state index in [2.05, 4.69) is 64.5 Å². The Morgan fingerprint density at radius 2 is 2.08 bits per heavy atom. The van der Waals surface area contributed by atoms with Crippen molar-refractivity contribution in [3.05, 3.63) is 17.8 Å². The summed E-state index contributed by atoms with van der Waals surface area (Å²) in [5, 5.41) is 6.34. The van der Waals surface area contributed by atoms with Crippen LogP contribution in [-0.4, -0.2) is 61.0 Å². The molecule has 3 rings (SSSR count). The Balaban J connectivity index is 1.53. The van der Waals surface area contributed by atoms with Crippen LogP contribution in [0.25, 0.3) is 10.2 Å². The number of carbonyl (C=O) groups is 1. The minimum atomic E-state index is 0.0748. The zero-order valence-electron chi connectivity index (χ0n) is 16.2. The molecule has 1 aliphatic heterocycles. The number of amides is 1. The normalized spacial score (nSPS) is 16.4. The van der Waals surface area contributed by atoms with Gasteiger partial charge in [0.2, 0.25) is 5.91 Å². The smallest absolute Gasteiger partial charge is 0.223 e. The lowest BCUT2D eigenvalue weighted by molar-refractivity contribution is -0.126. The number of nitrogens with zero attached hydrogens (tertiary/aromatic N) is 4. The van der Waals surface area contributed by atoms with Crippen molar-refractivity contribution in [1.29, 1.82) is 0 Å². The molecule has 3 heterocycles. The third kappa shape index (κ3) is 4.51. The van der Waals surface area contributed by atoms with Crippen LogP contribution in [-0.2, 0) is 4.79 Å². The monoisotopic (exact) mass is 375 g/mol. The number of fused-ring (bicyclic) bond motifs is 1. The van der Waals surface area contributed by atoms with E-state index in [1.54, 1.807) is 17.7 Å². The molecule has 2 aromatic heterocycles. The van der Waals surface area contributed by atoms with Gasteiger partial charge in [-0.2, -0.15) is 0 Å². The van der Waals surface area contributed by atoms with E-state index in [1.807, 2.05) is 0 Å². The molecule has 0 bridgehead atoms. The molecule has 1 amide bonds. The summed E-state index contributed by atoms with van der Waals surface area (Å²) in [7, 11) is 4.13. The first kappa shape index (κ1) is 19.0. The Hall–Kier alpha value is -1.73. The summed E-state index contributed by atoms with van der Waals surface area (Å²) in [6, 6.07) is 2.08. The lowest BCUT2D eigenvalue weighted by Crippen LogP contribution is -2.45. The number of thiophene rings is 1. The quantitative estimate of drug-likeness (QED) is 0.841. The van der Waals surface area contributed by atoms with Gasteiger partial charge in [0.25, 0.3) is 0 Å². The molecule has 7 heteroatoms. The van der Waals surface area contributed by atoms with Crippen molar-refractivity contribution in [3.8, 4) is 0 Å². The highest BCUT2D eigenvalue weighted by Gasteiger charge is 2.28. The Kier molecular flexibility index (Phi) is 5.77. The van der Waals surface area contributed by atoms with Crippen LogP contribution in [0.4, 0.5) is 5.82 Å². The summed E-state index contributed by atoms with van der Waals surface area (Å²) < 4.78 is 0. The molecule has 0 saturated carbocycles. The van der Waals surface area contributed by atoms with Gasteiger partial charge in [0.05, 0.1) is 5.39 Å². The van der Waals surface area contributed by atoms with E-state index in [-0.39, 0.29) is 17.2 Å². The molecule has 26 heavy (non-hydrogen) atoms. The number of rotatable bonds is 6. The lowest BCUT2D eigenvalue weighted by Gasteiger charge is -2.33. The minimum Gasteiger partial charge on any atom is -0.356 e. The molecule has 1 aliphatic rings. The number of nitrogens with one attached hydrogen (secondary N) is 1. The fraction of sp³-hybridized carbons (Fsp3) is 0.632. The number of piperidine rings is 1. The van der Waals surface area contributed by atoms with Crippen molar-refractivity contribution in [1.82, 2.24) is 20.2 Å². The zero-order valence-corrected chi connectivity index (χ0v) is 17.0. The van der Waals surface area contributed by atoms with Gasteiger partial charge in [-0.15, -0.1) is 11.3 Å². The Morgan fingerprint density at radius 3 is 2.77 bits per heavy atom. The van der Waals surface area contributed by atoms with Crippen LogP contribution in [0.15, 0.2) is 17.8 Å². The van der Waals surface area contributed by atoms with E-state index >= 15 is 0 Å². The third-order valence-electron chi connectivity index (χ3n) is 4.89. The van der Waals surface area contributed by atoms with Crippen LogP contribution in [0, 0.1) is 11.3 Å². The van der Waals surface area contributed by atoms with Gasteiger partial charge in [0.1, 0.15) is 17.0 Å². The van der Waals surface area contributed by atoms with E-state index in [9.17, 15) is 4.79 Å². The average Bonchev–Trinajstić information content (AvgIpc) is 3.07. The van der Waals surface area contributed by atoms with Crippen LogP contribution < -0.4 is 10.2 Å². The molecule has 1 fully saturated rings. The van der Waals surface area contributed by atoms with Gasteiger partial charge in [-0.3, -0.25) is 4.79 Å². The lowest BCUT2D eigenvalue weighted by atomic mass is 9.91. The molecular weight excluding hydrogens is 346 g/mol. The highest BCUT2D eigenvalue weighted by atomic mass is 32.1. The molecule has 1 N–H and O–H groups in total. The second-order valence-electron chi connectivity index (χ2n) is 8.22. The number of carbonyl (C=O) groups excluding carboxylic acids is 1. The van der Waals surface area contributed by atoms with E-state index < -0.39 is 0 Å².